The van der Waals surface area contributed by atoms with Crippen molar-refractivity contribution in [2.24, 2.45) is 0 Å². The predicted octanol–water partition coefficient (Wildman–Crippen LogP) is 0.280. The molecule has 1 aromatic carbocycles. The molecule has 0 spiro atoms. The second-order valence-electron chi connectivity index (χ2n) is 4.79. The molecule has 1 aromatic rings. The average Bonchev–Trinajstić information content (AvgIpc) is 2.66. The highest BCUT2D eigenvalue weighted by Gasteiger charge is 2.35. The summed E-state index contributed by atoms with van der Waals surface area (Å²) in [6, 6.07) is 6.84. The van der Waals surface area contributed by atoms with Gasteiger partial charge in [0.25, 0.3) is 0 Å². The van der Waals surface area contributed by atoms with E-state index in [1.807, 2.05) is 31.2 Å². The third-order valence-corrected chi connectivity index (χ3v) is 3.31. The molecule has 2 N–H and O–H groups in total. The highest BCUT2D eigenvalue weighted by Crippen LogP contribution is 2.13. The third-order valence-electron chi connectivity index (χ3n) is 3.31. The molecule has 0 bridgehead atoms. The molecule has 20 heavy (non-hydrogen) atoms. The molecule has 0 radical (unpaired) electrons. The van der Waals surface area contributed by atoms with Gasteiger partial charge < -0.3 is 5.32 Å². The second kappa shape index (κ2) is 5.83. The largest absolute Gasteiger partial charge is 0.325 e. The Morgan fingerprint density at radius 3 is 2.65 bits per heavy atom. The Bertz CT molecular complexity index is 556. The summed E-state index contributed by atoms with van der Waals surface area (Å²) in [6.45, 7) is 1.89. The number of benzene rings is 1. The molecule has 106 valence electrons. The number of nitrogens with one attached hydrogen (secondary N) is 2. The number of carbonyl (C=O) groups is 3. The quantitative estimate of drug-likeness (QED) is 0.774. The zero-order valence-electron chi connectivity index (χ0n) is 11.5. The normalized spacial score (nSPS) is 18.5. The molecular weight excluding hydrogens is 258 g/mol. The molecular formula is C14H17N3O3. The number of hydrogen-bond donors (Lipinski definition) is 2. The van der Waals surface area contributed by atoms with Gasteiger partial charge in [-0.15, -0.1) is 0 Å². The van der Waals surface area contributed by atoms with E-state index in [0.29, 0.717) is 0 Å². The predicted molar refractivity (Wildman–Crippen MR) is 74.0 cm³/mol. The summed E-state index contributed by atoms with van der Waals surface area (Å²) >= 11 is 0. The highest BCUT2D eigenvalue weighted by atomic mass is 16.2. The second-order valence-corrected chi connectivity index (χ2v) is 4.79. The van der Waals surface area contributed by atoms with Crippen molar-refractivity contribution < 1.29 is 14.4 Å². The van der Waals surface area contributed by atoms with E-state index in [-0.39, 0.29) is 30.7 Å². The van der Waals surface area contributed by atoms with Gasteiger partial charge in [-0.2, -0.15) is 0 Å². The van der Waals surface area contributed by atoms with Crippen LogP contribution >= 0.6 is 0 Å². The van der Waals surface area contributed by atoms with E-state index >= 15 is 0 Å². The maximum absolute atomic E-state index is 11.8. The van der Waals surface area contributed by atoms with Crippen LogP contribution in [-0.2, 0) is 14.4 Å². The lowest BCUT2D eigenvalue weighted by molar-refractivity contribution is -0.137. The van der Waals surface area contributed by atoms with Crippen LogP contribution in [0, 0.1) is 6.92 Å². The first kappa shape index (κ1) is 14.2. The third kappa shape index (κ3) is 3.03. The van der Waals surface area contributed by atoms with Crippen LogP contribution in [0.3, 0.4) is 0 Å². The summed E-state index contributed by atoms with van der Waals surface area (Å²) in [5.41, 5.74) is 1.71. The van der Waals surface area contributed by atoms with Gasteiger partial charge in [0.15, 0.2) is 0 Å². The van der Waals surface area contributed by atoms with Crippen molar-refractivity contribution in [1.82, 2.24) is 10.2 Å². The molecule has 1 atom stereocenters. The van der Waals surface area contributed by atoms with Gasteiger partial charge in [-0.3, -0.25) is 24.6 Å². The van der Waals surface area contributed by atoms with Crippen LogP contribution in [0.15, 0.2) is 24.3 Å². The van der Waals surface area contributed by atoms with Crippen LogP contribution in [0.5, 0.6) is 0 Å². The number of anilines is 1. The Labute approximate surface area is 117 Å². The molecule has 1 fully saturated rings. The summed E-state index contributed by atoms with van der Waals surface area (Å²) in [4.78, 5) is 35.9. The number of imide groups is 1. The van der Waals surface area contributed by atoms with E-state index in [2.05, 4.69) is 10.6 Å². The van der Waals surface area contributed by atoms with Crippen LogP contribution in [0.1, 0.15) is 12.0 Å². The standard InChI is InChI=1S/C14H17N3O3/c1-9-5-3-4-6-10(9)16-12(18)8-15-11-7-13(19)17(2)14(11)20/h3-6,11,15H,7-8H2,1-2H3,(H,16,18). The first-order chi connectivity index (χ1) is 9.49. The topological polar surface area (TPSA) is 78.5 Å². The monoisotopic (exact) mass is 275 g/mol. The molecule has 3 amide bonds. The van der Waals surface area contributed by atoms with E-state index in [1.54, 1.807) is 0 Å². The molecule has 1 saturated heterocycles. The van der Waals surface area contributed by atoms with Gasteiger partial charge in [0.1, 0.15) is 0 Å². The maximum atomic E-state index is 11.8. The minimum absolute atomic E-state index is 0.00807. The summed E-state index contributed by atoms with van der Waals surface area (Å²) in [6.07, 6.45) is 0.104. The van der Waals surface area contributed by atoms with Crippen LogP contribution in [0.2, 0.25) is 0 Å². The van der Waals surface area contributed by atoms with Gasteiger partial charge in [-0.1, -0.05) is 18.2 Å². The smallest absolute Gasteiger partial charge is 0.246 e. The Kier molecular flexibility index (Phi) is 4.14. The number of amides is 3. The van der Waals surface area contributed by atoms with Gasteiger partial charge >= 0.3 is 0 Å². The first-order valence-electron chi connectivity index (χ1n) is 6.38. The van der Waals surface area contributed by atoms with Crippen LogP contribution in [-0.4, -0.2) is 42.3 Å². The number of hydrogen-bond acceptors (Lipinski definition) is 4. The number of para-hydroxylation sites is 1. The Morgan fingerprint density at radius 1 is 1.35 bits per heavy atom. The Hall–Kier alpha value is -2.21. The zero-order chi connectivity index (χ0) is 14.7. The van der Waals surface area contributed by atoms with Crippen molar-refractivity contribution in [3.8, 4) is 0 Å². The summed E-state index contributed by atoms with van der Waals surface area (Å²) < 4.78 is 0. The van der Waals surface area contributed by atoms with Gasteiger partial charge in [-0.05, 0) is 18.6 Å². The van der Waals surface area contributed by atoms with E-state index < -0.39 is 6.04 Å². The van der Waals surface area contributed by atoms with E-state index in [1.165, 1.54) is 7.05 Å². The molecule has 6 heteroatoms. The fourth-order valence-electron chi connectivity index (χ4n) is 2.04. The van der Waals surface area contributed by atoms with Crippen molar-refractivity contribution >= 4 is 23.4 Å². The van der Waals surface area contributed by atoms with Crippen LogP contribution in [0.4, 0.5) is 5.69 Å². The Balaban J connectivity index is 1.86. The molecule has 1 aliphatic rings. The molecule has 0 aliphatic carbocycles. The number of nitrogens with zero attached hydrogens (tertiary/aromatic N) is 1. The molecule has 2 rings (SSSR count). The van der Waals surface area contributed by atoms with Crippen molar-refractivity contribution in [1.29, 1.82) is 0 Å². The minimum Gasteiger partial charge on any atom is -0.325 e. The number of carbonyl (C=O) groups excluding carboxylic acids is 3. The minimum atomic E-state index is -0.602. The fraction of sp³-hybridized carbons (Fsp3) is 0.357. The van der Waals surface area contributed by atoms with Gasteiger partial charge in [-0.25, -0.2) is 0 Å². The van der Waals surface area contributed by atoms with Crippen molar-refractivity contribution in [3.63, 3.8) is 0 Å². The number of rotatable bonds is 4. The van der Waals surface area contributed by atoms with Crippen molar-refractivity contribution in [2.45, 2.75) is 19.4 Å². The van der Waals surface area contributed by atoms with E-state index in [4.69, 9.17) is 0 Å². The van der Waals surface area contributed by atoms with Gasteiger partial charge in [0.05, 0.1) is 19.0 Å². The van der Waals surface area contributed by atoms with E-state index in [9.17, 15) is 14.4 Å². The molecule has 0 saturated carbocycles. The molecule has 0 aromatic heterocycles. The SMILES string of the molecule is Cc1ccccc1NC(=O)CNC1CC(=O)N(C)C1=O. The fourth-order valence-corrected chi connectivity index (χ4v) is 2.04. The zero-order valence-corrected chi connectivity index (χ0v) is 11.5. The summed E-state index contributed by atoms with van der Waals surface area (Å²) in [5.74, 6) is -0.764. The van der Waals surface area contributed by atoms with Crippen LogP contribution < -0.4 is 10.6 Å². The highest BCUT2D eigenvalue weighted by molar-refractivity contribution is 6.05. The van der Waals surface area contributed by atoms with Crippen molar-refractivity contribution in [3.05, 3.63) is 29.8 Å². The molecule has 1 unspecified atom stereocenters. The van der Waals surface area contributed by atoms with Crippen LogP contribution in [0.25, 0.3) is 0 Å². The van der Waals surface area contributed by atoms with Gasteiger partial charge in [0, 0.05) is 12.7 Å². The first-order valence-corrected chi connectivity index (χ1v) is 6.38. The molecule has 1 heterocycles. The lowest BCUT2D eigenvalue weighted by Gasteiger charge is -2.12. The Morgan fingerprint density at radius 2 is 2.05 bits per heavy atom. The number of aryl methyl sites for hydroxylation is 1. The van der Waals surface area contributed by atoms with E-state index in [0.717, 1.165) is 16.2 Å². The molecule has 6 nitrogen and oxygen atoms in total. The summed E-state index contributed by atoms with van der Waals surface area (Å²) in [7, 11) is 1.44. The van der Waals surface area contributed by atoms with Gasteiger partial charge in [0.2, 0.25) is 17.7 Å². The number of likely N-dealkylation sites (N-methyl/N-ethyl adjacent to an activating group) is 1. The summed E-state index contributed by atoms with van der Waals surface area (Å²) in [5, 5.41) is 5.57. The lowest BCUT2D eigenvalue weighted by atomic mass is 10.2. The van der Waals surface area contributed by atoms with Crippen molar-refractivity contribution in [2.75, 3.05) is 18.9 Å². The average molecular weight is 275 g/mol. The number of likely N-dealkylation sites (tertiary alicyclic amines) is 1. The lowest BCUT2D eigenvalue weighted by Crippen LogP contribution is -2.41. The maximum Gasteiger partial charge on any atom is 0.246 e. The molecule has 1 aliphatic heterocycles.